The van der Waals surface area contributed by atoms with Crippen LogP contribution in [0.1, 0.15) is 31.0 Å². The molecule has 0 aliphatic carbocycles. The zero-order valence-electron chi connectivity index (χ0n) is 12.1. The van der Waals surface area contributed by atoms with E-state index in [1.54, 1.807) is 7.11 Å². The molecule has 0 radical (unpaired) electrons. The first-order chi connectivity index (χ1) is 9.69. The predicted octanol–water partition coefficient (Wildman–Crippen LogP) is 3.37. The molecule has 2 rings (SSSR count). The molecule has 1 aromatic heterocycles. The van der Waals surface area contributed by atoms with Gasteiger partial charge in [0.1, 0.15) is 5.75 Å². The molecule has 2 aromatic rings. The van der Waals surface area contributed by atoms with E-state index in [1.807, 2.05) is 16.9 Å². The van der Waals surface area contributed by atoms with Gasteiger partial charge in [0.25, 0.3) is 0 Å². The normalized spacial score (nSPS) is 12.4. The van der Waals surface area contributed by atoms with Crippen LogP contribution in [-0.2, 0) is 6.54 Å². The summed E-state index contributed by atoms with van der Waals surface area (Å²) in [7, 11) is 1.67. The second-order valence-electron chi connectivity index (χ2n) is 4.51. The number of rotatable bonds is 6. The zero-order valence-corrected chi connectivity index (χ0v) is 13.6. The van der Waals surface area contributed by atoms with Gasteiger partial charge in [-0.05, 0) is 47.1 Å². The molecule has 1 atom stereocenters. The highest BCUT2D eigenvalue weighted by Crippen LogP contribution is 2.30. The monoisotopic (exact) mass is 337 g/mol. The van der Waals surface area contributed by atoms with Gasteiger partial charge in [-0.1, -0.05) is 13.0 Å². The van der Waals surface area contributed by atoms with E-state index in [1.165, 1.54) is 11.1 Å². The zero-order chi connectivity index (χ0) is 14.5. The number of halogens is 1. The average Bonchev–Trinajstić information content (AvgIpc) is 2.93. The number of nitrogens with zero attached hydrogens (tertiary/aromatic N) is 2. The lowest BCUT2D eigenvalue weighted by atomic mass is 10.0. The summed E-state index contributed by atoms with van der Waals surface area (Å²) in [6.45, 7) is 5.97. The van der Waals surface area contributed by atoms with E-state index in [4.69, 9.17) is 4.74 Å². The Hall–Kier alpha value is -1.33. The van der Waals surface area contributed by atoms with E-state index in [0.717, 1.165) is 23.3 Å². The Balaban J connectivity index is 2.34. The molecule has 0 amide bonds. The van der Waals surface area contributed by atoms with Gasteiger partial charge in [0.05, 0.1) is 23.8 Å². The summed E-state index contributed by atoms with van der Waals surface area (Å²) in [6, 6.07) is 6.30. The highest BCUT2D eigenvalue weighted by atomic mass is 79.9. The van der Waals surface area contributed by atoms with Crippen LogP contribution in [0.2, 0.25) is 0 Å². The summed E-state index contributed by atoms with van der Waals surface area (Å²) in [5, 5.41) is 7.86. The summed E-state index contributed by atoms with van der Waals surface area (Å²) < 4.78 is 8.19. The van der Waals surface area contributed by atoms with E-state index >= 15 is 0 Å². The molecule has 0 saturated carbocycles. The van der Waals surface area contributed by atoms with E-state index < -0.39 is 0 Å². The minimum atomic E-state index is 0.141. The van der Waals surface area contributed by atoms with Gasteiger partial charge in [-0.15, -0.1) is 0 Å². The molecule has 0 spiro atoms. The molecule has 0 fully saturated rings. The molecule has 0 aliphatic heterocycles. The van der Waals surface area contributed by atoms with Crippen LogP contribution in [0.15, 0.2) is 35.1 Å². The van der Waals surface area contributed by atoms with Crippen molar-refractivity contribution in [2.45, 2.75) is 26.4 Å². The molecular formula is C15H20BrN3O. The Morgan fingerprint density at radius 2 is 2.15 bits per heavy atom. The van der Waals surface area contributed by atoms with Crippen molar-refractivity contribution in [3.8, 4) is 5.75 Å². The van der Waals surface area contributed by atoms with E-state index in [-0.39, 0.29) is 6.04 Å². The first-order valence-corrected chi connectivity index (χ1v) is 7.58. The van der Waals surface area contributed by atoms with Crippen LogP contribution in [-0.4, -0.2) is 23.4 Å². The molecule has 1 unspecified atom stereocenters. The molecule has 0 bridgehead atoms. The lowest BCUT2D eigenvalue weighted by Gasteiger charge is -2.18. The van der Waals surface area contributed by atoms with Gasteiger partial charge in [0.2, 0.25) is 0 Å². The second-order valence-corrected chi connectivity index (χ2v) is 5.37. The van der Waals surface area contributed by atoms with Crippen molar-refractivity contribution in [1.82, 2.24) is 15.1 Å². The maximum absolute atomic E-state index is 5.28. The summed E-state index contributed by atoms with van der Waals surface area (Å²) in [4.78, 5) is 0. The molecule has 5 heteroatoms. The summed E-state index contributed by atoms with van der Waals surface area (Å²) in [5.74, 6) is 0.841. The average molecular weight is 338 g/mol. The molecule has 0 aliphatic rings. The number of hydrogen-bond donors (Lipinski definition) is 1. The maximum atomic E-state index is 5.28. The van der Waals surface area contributed by atoms with Crippen molar-refractivity contribution in [2.75, 3.05) is 13.7 Å². The molecule has 20 heavy (non-hydrogen) atoms. The van der Waals surface area contributed by atoms with Crippen LogP contribution in [0.3, 0.4) is 0 Å². The fraction of sp³-hybridized carbons (Fsp3) is 0.400. The minimum absolute atomic E-state index is 0.141. The number of ether oxygens (including phenoxy) is 1. The predicted molar refractivity (Wildman–Crippen MR) is 84.1 cm³/mol. The van der Waals surface area contributed by atoms with E-state index in [2.05, 4.69) is 58.5 Å². The van der Waals surface area contributed by atoms with Crippen LogP contribution >= 0.6 is 15.9 Å². The van der Waals surface area contributed by atoms with E-state index in [9.17, 15) is 0 Å². The lowest BCUT2D eigenvalue weighted by molar-refractivity contribution is 0.412. The standard InChI is InChI=1S/C15H20BrN3O/c1-4-17-15(12-9-18-19(5-2)10-12)11-6-7-14(20-3)13(16)8-11/h6-10,15,17H,4-5H2,1-3H3. The minimum Gasteiger partial charge on any atom is -0.496 e. The van der Waals surface area contributed by atoms with Gasteiger partial charge in [0, 0.05) is 18.3 Å². The fourth-order valence-electron chi connectivity index (χ4n) is 2.20. The number of aromatic nitrogens is 2. The Morgan fingerprint density at radius 3 is 2.70 bits per heavy atom. The maximum Gasteiger partial charge on any atom is 0.133 e. The van der Waals surface area contributed by atoms with Crippen molar-refractivity contribution in [1.29, 1.82) is 0 Å². The SMILES string of the molecule is CCNC(c1ccc(OC)c(Br)c1)c1cnn(CC)c1. The quantitative estimate of drug-likeness (QED) is 0.878. The molecule has 1 heterocycles. The molecule has 1 aromatic carbocycles. The van der Waals surface area contributed by atoms with Crippen LogP contribution < -0.4 is 10.1 Å². The third kappa shape index (κ3) is 3.22. The highest BCUT2D eigenvalue weighted by molar-refractivity contribution is 9.10. The van der Waals surface area contributed by atoms with Crippen molar-refractivity contribution in [3.63, 3.8) is 0 Å². The van der Waals surface area contributed by atoms with Crippen molar-refractivity contribution >= 4 is 15.9 Å². The molecule has 0 saturated heterocycles. The van der Waals surface area contributed by atoms with Gasteiger partial charge < -0.3 is 10.1 Å². The molecule has 1 N–H and O–H groups in total. The number of methoxy groups -OCH3 is 1. The van der Waals surface area contributed by atoms with Crippen LogP contribution in [0.5, 0.6) is 5.75 Å². The van der Waals surface area contributed by atoms with Gasteiger partial charge in [-0.2, -0.15) is 5.10 Å². The van der Waals surface area contributed by atoms with Crippen LogP contribution in [0.25, 0.3) is 0 Å². The number of nitrogens with one attached hydrogen (secondary N) is 1. The molecular weight excluding hydrogens is 318 g/mol. The molecule has 4 nitrogen and oxygen atoms in total. The van der Waals surface area contributed by atoms with Gasteiger partial charge in [-0.25, -0.2) is 0 Å². The number of benzene rings is 1. The summed E-state index contributed by atoms with van der Waals surface area (Å²) in [6.07, 6.45) is 4.01. The summed E-state index contributed by atoms with van der Waals surface area (Å²) >= 11 is 3.54. The van der Waals surface area contributed by atoms with Crippen molar-refractivity contribution in [3.05, 3.63) is 46.2 Å². The van der Waals surface area contributed by atoms with E-state index in [0.29, 0.717) is 0 Å². The first-order valence-electron chi connectivity index (χ1n) is 6.78. The number of aryl methyl sites for hydroxylation is 1. The van der Waals surface area contributed by atoms with Crippen molar-refractivity contribution < 1.29 is 4.74 Å². The van der Waals surface area contributed by atoms with Gasteiger partial charge in [0.15, 0.2) is 0 Å². The van der Waals surface area contributed by atoms with Crippen LogP contribution in [0.4, 0.5) is 0 Å². The smallest absolute Gasteiger partial charge is 0.133 e. The largest absolute Gasteiger partial charge is 0.496 e. The van der Waals surface area contributed by atoms with Gasteiger partial charge in [-0.3, -0.25) is 4.68 Å². The summed E-state index contributed by atoms with van der Waals surface area (Å²) in [5.41, 5.74) is 2.36. The fourth-order valence-corrected chi connectivity index (χ4v) is 2.75. The number of hydrogen-bond acceptors (Lipinski definition) is 3. The first kappa shape index (κ1) is 15.1. The van der Waals surface area contributed by atoms with Gasteiger partial charge >= 0.3 is 0 Å². The highest BCUT2D eigenvalue weighted by Gasteiger charge is 2.16. The van der Waals surface area contributed by atoms with Crippen LogP contribution in [0, 0.1) is 0 Å². The second kappa shape index (κ2) is 6.90. The molecule has 108 valence electrons. The Labute approximate surface area is 128 Å². The Bertz CT molecular complexity index is 568. The third-order valence-electron chi connectivity index (χ3n) is 3.23. The topological polar surface area (TPSA) is 39.1 Å². The van der Waals surface area contributed by atoms with Crippen molar-refractivity contribution in [2.24, 2.45) is 0 Å². The third-order valence-corrected chi connectivity index (χ3v) is 3.85. The Morgan fingerprint density at radius 1 is 1.35 bits per heavy atom. The Kier molecular flexibility index (Phi) is 5.20. The lowest BCUT2D eigenvalue weighted by Crippen LogP contribution is -2.21.